The van der Waals surface area contributed by atoms with Gasteiger partial charge in [-0.25, -0.2) is 9.48 Å². The van der Waals surface area contributed by atoms with Gasteiger partial charge in [0.15, 0.2) is 0 Å². The van der Waals surface area contributed by atoms with Crippen molar-refractivity contribution in [3.63, 3.8) is 0 Å². The molecule has 4 aromatic rings. The molecule has 0 radical (unpaired) electrons. The van der Waals surface area contributed by atoms with Crippen molar-refractivity contribution < 1.29 is 14.4 Å². The molecule has 5 rings (SSSR count). The quantitative estimate of drug-likeness (QED) is 0.164. The molecule has 2 aromatic heterocycles. The molecular formula is C36H42N8O4. The smallest absolute Gasteiger partial charge is 0.323 e. The van der Waals surface area contributed by atoms with E-state index in [1.54, 1.807) is 43.6 Å². The Morgan fingerprint density at radius 1 is 0.896 bits per heavy atom. The van der Waals surface area contributed by atoms with Crippen LogP contribution >= 0.6 is 0 Å². The lowest BCUT2D eigenvalue weighted by Gasteiger charge is -2.24. The van der Waals surface area contributed by atoms with Crippen molar-refractivity contribution in [1.29, 1.82) is 0 Å². The number of aromatic nitrogens is 3. The highest BCUT2D eigenvalue weighted by Crippen LogP contribution is 2.29. The zero-order valence-corrected chi connectivity index (χ0v) is 28.2. The number of aryl methyl sites for hydroxylation is 3. The van der Waals surface area contributed by atoms with Gasteiger partial charge in [0, 0.05) is 41.7 Å². The largest absolute Gasteiger partial charge is 0.349 e. The number of nitrogens with zero attached hydrogens (tertiary/aromatic N) is 4. The molecule has 0 spiro atoms. The van der Waals surface area contributed by atoms with Gasteiger partial charge in [-0.05, 0) is 107 Å². The molecule has 48 heavy (non-hydrogen) atoms. The molecule has 2 heterocycles. The third-order valence-corrected chi connectivity index (χ3v) is 8.26. The molecule has 0 saturated heterocycles. The first kappa shape index (κ1) is 34.0. The fraction of sp³-hybridized carbons (Fsp3) is 0.333. The van der Waals surface area contributed by atoms with Gasteiger partial charge in [-0.2, -0.15) is 5.10 Å². The Bertz CT molecular complexity index is 1890. The third kappa shape index (κ3) is 7.95. The van der Waals surface area contributed by atoms with Gasteiger partial charge in [0.1, 0.15) is 5.69 Å². The summed E-state index contributed by atoms with van der Waals surface area (Å²) in [5, 5.41) is 16.1. The number of hydrogen-bond acceptors (Lipinski definition) is 7. The highest BCUT2D eigenvalue weighted by Gasteiger charge is 2.25. The van der Waals surface area contributed by atoms with Crippen molar-refractivity contribution in [2.24, 2.45) is 0 Å². The van der Waals surface area contributed by atoms with E-state index in [9.17, 15) is 19.2 Å². The zero-order chi connectivity index (χ0) is 34.5. The number of anilines is 2. The summed E-state index contributed by atoms with van der Waals surface area (Å²) in [7, 11) is 3.80. The zero-order valence-electron chi connectivity index (χ0n) is 28.2. The minimum absolute atomic E-state index is 0.0678. The minimum atomic E-state index is -0.565. The van der Waals surface area contributed by atoms with Gasteiger partial charge in [0.05, 0.1) is 17.5 Å². The van der Waals surface area contributed by atoms with Crippen molar-refractivity contribution in [2.75, 3.05) is 24.7 Å². The number of pyridine rings is 1. The van der Waals surface area contributed by atoms with Crippen LogP contribution in [0.5, 0.6) is 0 Å². The molecule has 12 heteroatoms. The number of rotatable bonds is 11. The van der Waals surface area contributed by atoms with Gasteiger partial charge in [-0.15, -0.1) is 0 Å². The summed E-state index contributed by atoms with van der Waals surface area (Å²) in [6.07, 6.45) is 5.73. The van der Waals surface area contributed by atoms with E-state index in [1.165, 1.54) is 4.68 Å². The number of carbonyl (C=O) groups excluding carboxylic acids is 3. The number of hydrogen-bond donors (Lipinski definition) is 4. The van der Waals surface area contributed by atoms with Gasteiger partial charge in [-0.3, -0.25) is 24.3 Å². The molecule has 1 fully saturated rings. The number of amides is 4. The molecule has 4 N–H and O–H groups in total. The third-order valence-electron chi connectivity index (χ3n) is 8.26. The summed E-state index contributed by atoms with van der Waals surface area (Å²) in [6.45, 7) is 7.76. The molecule has 0 aliphatic heterocycles. The predicted octanol–water partition coefficient (Wildman–Crippen LogP) is 5.17. The van der Waals surface area contributed by atoms with E-state index in [-0.39, 0.29) is 36.3 Å². The topological polar surface area (TPSA) is 150 Å². The fourth-order valence-electron chi connectivity index (χ4n) is 5.39. The molecule has 2 aromatic carbocycles. The van der Waals surface area contributed by atoms with Crippen LogP contribution in [0, 0.1) is 13.8 Å². The predicted molar refractivity (Wildman–Crippen MR) is 187 cm³/mol. The van der Waals surface area contributed by atoms with Crippen LogP contribution in [0.1, 0.15) is 65.0 Å². The molecule has 250 valence electrons. The van der Waals surface area contributed by atoms with E-state index in [0.29, 0.717) is 40.1 Å². The van der Waals surface area contributed by atoms with Crippen molar-refractivity contribution >= 4 is 29.2 Å². The van der Waals surface area contributed by atoms with Gasteiger partial charge in [0.2, 0.25) is 0 Å². The molecule has 12 nitrogen and oxygen atoms in total. The minimum Gasteiger partial charge on any atom is -0.349 e. The molecule has 0 unspecified atom stereocenters. The Hall–Kier alpha value is -5.36. The summed E-state index contributed by atoms with van der Waals surface area (Å²) in [5.41, 5.74) is 5.15. The molecule has 4 amide bonds. The summed E-state index contributed by atoms with van der Waals surface area (Å²) in [4.78, 5) is 58.9. The lowest BCUT2D eigenvalue weighted by Crippen LogP contribution is -2.44. The van der Waals surface area contributed by atoms with Crippen LogP contribution in [-0.4, -0.2) is 63.8 Å². The summed E-state index contributed by atoms with van der Waals surface area (Å²) < 4.78 is 1.29. The highest BCUT2D eigenvalue weighted by molar-refractivity contribution is 6.02. The van der Waals surface area contributed by atoms with E-state index in [2.05, 4.69) is 31.3 Å². The van der Waals surface area contributed by atoms with Crippen LogP contribution in [0.25, 0.3) is 22.4 Å². The van der Waals surface area contributed by atoms with Crippen LogP contribution < -0.4 is 26.8 Å². The highest BCUT2D eigenvalue weighted by atomic mass is 16.2. The van der Waals surface area contributed by atoms with E-state index >= 15 is 0 Å². The summed E-state index contributed by atoms with van der Waals surface area (Å²) in [5.74, 6) is -0.510. The second-order valence-corrected chi connectivity index (χ2v) is 12.3. The van der Waals surface area contributed by atoms with Gasteiger partial charge >= 0.3 is 6.03 Å². The number of benzene rings is 2. The maximum atomic E-state index is 13.4. The number of urea groups is 1. The maximum Gasteiger partial charge on any atom is 0.323 e. The summed E-state index contributed by atoms with van der Waals surface area (Å²) >= 11 is 0. The van der Waals surface area contributed by atoms with Crippen molar-refractivity contribution in [2.45, 2.75) is 65.7 Å². The molecule has 1 atom stereocenters. The number of carbonyl (C=O) groups is 3. The van der Waals surface area contributed by atoms with Crippen LogP contribution in [0.2, 0.25) is 0 Å². The van der Waals surface area contributed by atoms with Gasteiger partial charge in [0.25, 0.3) is 17.4 Å². The van der Waals surface area contributed by atoms with Crippen molar-refractivity contribution in [1.82, 2.24) is 30.3 Å². The van der Waals surface area contributed by atoms with Gasteiger partial charge < -0.3 is 21.3 Å². The van der Waals surface area contributed by atoms with E-state index < -0.39 is 11.6 Å². The standard InChI is InChI=1S/C36H42N8O4/c1-7-31(43(5)6)40-34(46)27-16-25(15-26(17-27)33(45)38-28-12-13-28)23-10-9-11-24(14-23)29-18-30(35(47)44(8-2)42-29)39-36(48)41-32-21(3)19-37-20-22(32)4/h9-11,14-20,28,31H,7-8,12-13H2,1-6H3,(H,38,45)(H,40,46)(H2,37,39,41,48)/t31-/m0/s1. The lowest BCUT2D eigenvalue weighted by atomic mass is 9.96. The Kier molecular flexibility index (Phi) is 10.3. The number of nitrogens with one attached hydrogen (secondary N) is 4. The van der Waals surface area contributed by atoms with Crippen LogP contribution in [0.4, 0.5) is 16.2 Å². The van der Waals surface area contributed by atoms with E-state index in [4.69, 9.17) is 0 Å². The Morgan fingerprint density at radius 3 is 2.19 bits per heavy atom. The van der Waals surface area contributed by atoms with E-state index in [0.717, 1.165) is 29.5 Å². The molecule has 0 bridgehead atoms. The molecule has 1 aliphatic carbocycles. The van der Waals surface area contributed by atoms with Crippen LogP contribution in [0.15, 0.2) is 65.7 Å². The average Bonchev–Trinajstić information content (AvgIpc) is 3.89. The molecule has 1 saturated carbocycles. The van der Waals surface area contributed by atoms with Crippen LogP contribution in [0.3, 0.4) is 0 Å². The van der Waals surface area contributed by atoms with Crippen molar-refractivity contribution in [3.8, 4) is 22.4 Å². The second kappa shape index (κ2) is 14.6. The first-order valence-corrected chi connectivity index (χ1v) is 16.1. The lowest BCUT2D eigenvalue weighted by molar-refractivity contribution is 0.0887. The van der Waals surface area contributed by atoms with E-state index in [1.807, 2.05) is 64.0 Å². The summed E-state index contributed by atoms with van der Waals surface area (Å²) in [6, 6.07) is 13.8. The normalized spacial score (nSPS) is 13.1. The SMILES string of the molecule is CC[C@@H](NC(=O)c1cc(C(=O)NC2CC2)cc(-c2cccc(-c3cc(NC(=O)Nc4c(C)cncc4C)c(=O)n(CC)n3)c2)c1)N(C)C. The second-order valence-electron chi connectivity index (χ2n) is 12.3. The Labute approximate surface area is 280 Å². The Balaban J connectivity index is 1.49. The monoisotopic (exact) mass is 650 g/mol. The first-order chi connectivity index (χ1) is 23.0. The fourth-order valence-corrected chi connectivity index (χ4v) is 5.39. The maximum absolute atomic E-state index is 13.4. The molecule has 1 aliphatic rings. The average molecular weight is 651 g/mol. The van der Waals surface area contributed by atoms with Crippen molar-refractivity contribution in [3.05, 3.63) is 93.5 Å². The van der Waals surface area contributed by atoms with Gasteiger partial charge in [-0.1, -0.05) is 25.1 Å². The van der Waals surface area contributed by atoms with Crippen LogP contribution in [-0.2, 0) is 6.54 Å². The first-order valence-electron chi connectivity index (χ1n) is 16.1. The Morgan fingerprint density at radius 2 is 1.56 bits per heavy atom. The molecular weight excluding hydrogens is 608 g/mol.